The molecule has 1 saturated heterocycles. The van der Waals surface area contributed by atoms with Crippen LogP contribution in [-0.4, -0.2) is 37.2 Å². The number of nitrogens with zero attached hydrogens (tertiary/aromatic N) is 2. The van der Waals surface area contributed by atoms with Gasteiger partial charge in [-0.05, 0) is 41.1 Å². The first-order valence-corrected chi connectivity index (χ1v) is 8.56. The number of hydrogen-bond acceptors (Lipinski definition) is 3. The van der Waals surface area contributed by atoms with Gasteiger partial charge in [0.1, 0.15) is 0 Å². The Morgan fingerprint density at radius 3 is 2.94 bits per heavy atom. The molecule has 0 aliphatic carbocycles. The molecular weight excluding hydrogens is 268 g/mol. The van der Waals surface area contributed by atoms with E-state index in [2.05, 4.69) is 6.92 Å². The molecular formula is C12H20N2O2S2. The average molecular weight is 288 g/mol. The van der Waals surface area contributed by atoms with E-state index in [-0.39, 0.29) is 0 Å². The summed E-state index contributed by atoms with van der Waals surface area (Å²) >= 11 is 1.59. The highest BCUT2D eigenvalue weighted by molar-refractivity contribution is 7.86. The van der Waals surface area contributed by atoms with E-state index in [1.54, 1.807) is 22.7 Å². The fraction of sp³-hybridized carbons (Fsp3) is 0.667. The predicted octanol–water partition coefficient (Wildman–Crippen LogP) is 2.16. The molecule has 0 spiro atoms. The highest BCUT2D eigenvalue weighted by Crippen LogP contribution is 2.21. The van der Waals surface area contributed by atoms with Crippen LogP contribution in [0.3, 0.4) is 0 Å². The summed E-state index contributed by atoms with van der Waals surface area (Å²) in [5, 5.41) is 3.96. The Bertz CT molecular complexity index is 470. The molecule has 1 atom stereocenters. The van der Waals surface area contributed by atoms with Crippen molar-refractivity contribution < 1.29 is 8.42 Å². The van der Waals surface area contributed by atoms with E-state index < -0.39 is 10.2 Å². The van der Waals surface area contributed by atoms with E-state index in [1.807, 2.05) is 16.8 Å². The summed E-state index contributed by atoms with van der Waals surface area (Å²) < 4.78 is 27.9. The summed E-state index contributed by atoms with van der Waals surface area (Å²) in [6, 6.07) is 1.97. The van der Waals surface area contributed by atoms with Crippen LogP contribution in [0, 0.1) is 5.92 Å². The van der Waals surface area contributed by atoms with Gasteiger partial charge in [0, 0.05) is 26.7 Å². The van der Waals surface area contributed by atoms with Crippen molar-refractivity contribution in [1.29, 1.82) is 0 Å². The zero-order valence-electron chi connectivity index (χ0n) is 10.9. The largest absolute Gasteiger partial charge is 0.282 e. The SMILES string of the molecule is C[C@H]1CCCN(S(=O)(=O)N(C)Cc2ccsc2)C1. The van der Waals surface area contributed by atoms with Gasteiger partial charge in [-0.2, -0.15) is 28.4 Å². The van der Waals surface area contributed by atoms with E-state index in [0.29, 0.717) is 25.6 Å². The summed E-state index contributed by atoms with van der Waals surface area (Å²) in [4.78, 5) is 0. The van der Waals surface area contributed by atoms with Gasteiger partial charge in [0.25, 0.3) is 10.2 Å². The van der Waals surface area contributed by atoms with Crippen LogP contribution in [0.1, 0.15) is 25.3 Å². The summed E-state index contributed by atoms with van der Waals surface area (Å²) in [5.74, 6) is 0.461. The molecule has 1 aromatic rings. The molecule has 2 rings (SSSR count). The first kappa shape index (κ1) is 14.0. The molecule has 1 aliphatic rings. The Labute approximate surface area is 113 Å². The van der Waals surface area contributed by atoms with Crippen molar-refractivity contribution in [1.82, 2.24) is 8.61 Å². The minimum atomic E-state index is -3.30. The third-order valence-corrected chi connectivity index (χ3v) is 5.96. The van der Waals surface area contributed by atoms with E-state index >= 15 is 0 Å². The fourth-order valence-corrected chi connectivity index (χ4v) is 4.44. The second kappa shape index (κ2) is 5.69. The van der Waals surface area contributed by atoms with Crippen LogP contribution in [0.25, 0.3) is 0 Å². The summed E-state index contributed by atoms with van der Waals surface area (Å²) in [6.07, 6.45) is 2.09. The lowest BCUT2D eigenvalue weighted by molar-refractivity contribution is 0.263. The average Bonchev–Trinajstić information content (AvgIpc) is 2.81. The van der Waals surface area contributed by atoms with Crippen molar-refractivity contribution in [2.45, 2.75) is 26.3 Å². The van der Waals surface area contributed by atoms with Gasteiger partial charge in [-0.3, -0.25) is 0 Å². The fourth-order valence-electron chi connectivity index (χ4n) is 2.27. The van der Waals surface area contributed by atoms with Crippen LogP contribution in [0.2, 0.25) is 0 Å². The smallest absolute Gasteiger partial charge is 0.195 e. The number of piperidine rings is 1. The zero-order chi connectivity index (χ0) is 13.2. The minimum Gasteiger partial charge on any atom is -0.195 e. The van der Waals surface area contributed by atoms with Crippen molar-refractivity contribution in [2.75, 3.05) is 20.1 Å². The Morgan fingerprint density at radius 2 is 2.33 bits per heavy atom. The molecule has 4 nitrogen and oxygen atoms in total. The van der Waals surface area contributed by atoms with Crippen LogP contribution in [-0.2, 0) is 16.8 Å². The second-order valence-corrected chi connectivity index (χ2v) is 7.82. The van der Waals surface area contributed by atoms with Gasteiger partial charge < -0.3 is 0 Å². The van der Waals surface area contributed by atoms with Crippen LogP contribution in [0.5, 0.6) is 0 Å². The molecule has 0 bridgehead atoms. The van der Waals surface area contributed by atoms with Crippen LogP contribution in [0.15, 0.2) is 16.8 Å². The molecule has 1 fully saturated rings. The molecule has 0 saturated carbocycles. The van der Waals surface area contributed by atoms with E-state index in [0.717, 1.165) is 18.4 Å². The molecule has 0 N–H and O–H groups in total. The van der Waals surface area contributed by atoms with Gasteiger partial charge in [-0.15, -0.1) is 0 Å². The lowest BCUT2D eigenvalue weighted by Gasteiger charge is -2.33. The third kappa shape index (κ3) is 3.12. The lowest BCUT2D eigenvalue weighted by Crippen LogP contribution is -2.45. The van der Waals surface area contributed by atoms with Crippen molar-refractivity contribution in [2.24, 2.45) is 5.92 Å². The van der Waals surface area contributed by atoms with E-state index in [4.69, 9.17) is 0 Å². The monoisotopic (exact) mass is 288 g/mol. The van der Waals surface area contributed by atoms with E-state index in [9.17, 15) is 8.42 Å². The Kier molecular flexibility index (Phi) is 4.42. The number of rotatable bonds is 4. The van der Waals surface area contributed by atoms with Crippen LogP contribution >= 0.6 is 11.3 Å². The zero-order valence-corrected chi connectivity index (χ0v) is 12.5. The Balaban J connectivity index is 2.05. The molecule has 1 aromatic heterocycles. The second-order valence-electron chi connectivity index (χ2n) is 5.00. The standard InChI is InChI=1S/C12H20N2O2S2/c1-11-4-3-6-14(8-11)18(15,16)13(2)9-12-5-7-17-10-12/h5,7,10-11H,3-4,6,8-9H2,1-2H3/t11-/m0/s1. The first-order chi connectivity index (χ1) is 8.50. The van der Waals surface area contributed by atoms with Gasteiger partial charge in [0.2, 0.25) is 0 Å². The molecule has 0 radical (unpaired) electrons. The summed E-state index contributed by atoms with van der Waals surface area (Å²) in [6.45, 7) is 3.87. The molecule has 1 aliphatic heterocycles. The maximum absolute atomic E-state index is 12.4. The molecule has 18 heavy (non-hydrogen) atoms. The van der Waals surface area contributed by atoms with Gasteiger partial charge in [0.15, 0.2) is 0 Å². The van der Waals surface area contributed by atoms with Crippen molar-refractivity contribution >= 4 is 21.5 Å². The molecule has 6 heteroatoms. The first-order valence-electron chi connectivity index (χ1n) is 6.22. The maximum atomic E-state index is 12.4. The normalized spacial score (nSPS) is 22.5. The molecule has 0 unspecified atom stereocenters. The van der Waals surface area contributed by atoms with Gasteiger partial charge in [0.05, 0.1) is 0 Å². The Morgan fingerprint density at radius 1 is 1.56 bits per heavy atom. The van der Waals surface area contributed by atoms with Gasteiger partial charge in [-0.25, -0.2) is 0 Å². The van der Waals surface area contributed by atoms with Crippen molar-refractivity contribution in [3.63, 3.8) is 0 Å². The third-order valence-electron chi connectivity index (χ3n) is 3.33. The van der Waals surface area contributed by atoms with Gasteiger partial charge in [-0.1, -0.05) is 6.92 Å². The molecule has 0 aromatic carbocycles. The molecule has 0 amide bonds. The highest BCUT2D eigenvalue weighted by Gasteiger charge is 2.30. The molecule has 2 heterocycles. The summed E-state index contributed by atoms with van der Waals surface area (Å²) in [5.41, 5.74) is 1.05. The quantitative estimate of drug-likeness (QED) is 0.852. The van der Waals surface area contributed by atoms with Crippen molar-refractivity contribution in [3.8, 4) is 0 Å². The van der Waals surface area contributed by atoms with Crippen molar-refractivity contribution in [3.05, 3.63) is 22.4 Å². The van der Waals surface area contributed by atoms with Crippen LogP contribution in [0.4, 0.5) is 0 Å². The predicted molar refractivity (Wildman–Crippen MR) is 74.7 cm³/mol. The number of thiophene rings is 1. The lowest BCUT2D eigenvalue weighted by atomic mass is 10.0. The summed E-state index contributed by atoms with van der Waals surface area (Å²) in [7, 11) is -1.64. The topological polar surface area (TPSA) is 40.6 Å². The van der Waals surface area contributed by atoms with Crippen LogP contribution < -0.4 is 0 Å². The Hall–Kier alpha value is -0.430. The maximum Gasteiger partial charge on any atom is 0.282 e. The number of hydrogen-bond donors (Lipinski definition) is 0. The highest BCUT2D eigenvalue weighted by atomic mass is 32.2. The minimum absolute atomic E-state index is 0.455. The van der Waals surface area contributed by atoms with Gasteiger partial charge >= 0.3 is 0 Å². The molecule has 102 valence electrons. The van der Waals surface area contributed by atoms with E-state index in [1.165, 1.54) is 4.31 Å².